The summed E-state index contributed by atoms with van der Waals surface area (Å²) in [5.74, 6) is 0.153. The van der Waals surface area contributed by atoms with Crippen molar-refractivity contribution in [3.05, 3.63) is 46.6 Å². The molecule has 5 atom stereocenters. The van der Waals surface area contributed by atoms with E-state index in [-0.39, 0.29) is 24.3 Å². The molecule has 6 N–H and O–H groups in total. The van der Waals surface area contributed by atoms with Crippen LogP contribution in [0.2, 0.25) is 0 Å². The Labute approximate surface area is 222 Å². The van der Waals surface area contributed by atoms with E-state index < -0.39 is 42.9 Å². The van der Waals surface area contributed by atoms with E-state index >= 15 is 0 Å². The van der Waals surface area contributed by atoms with Gasteiger partial charge in [0, 0.05) is 24.1 Å². The van der Waals surface area contributed by atoms with Gasteiger partial charge in [0.15, 0.2) is 6.17 Å². The number of aromatic nitrogens is 2. The predicted octanol–water partition coefficient (Wildman–Crippen LogP) is 1.49. The van der Waals surface area contributed by atoms with E-state index in [2.05, 4.69) is 15.5 Å². The minimum absolute atomic E-state index is 0.0827. The van der Waals surface area contributed by atoms with Gasteiger partial charge in [-0.3, -0.25) is 9.89 Å². The monoisotopic (exact) mass is 537 g/mol. The van der Waals surface area contributed by atoms with Crippen molar-refractivity contribution in [2.45, 2.75) is 95.6 Å². The molecule has 0 spiro atoms. The fraction of sp³-hybridized carbons (Fsp3) is 0.630. The molecule has 212 valence electrons. The second-order valence-corrected chi connectivity index (χ2v) is 10.8. The molecule has 1 amide bonds. The molecule has 11 heteroatoms. The Morgan fingerprint density at radius 2 is 1.84 bits per heavy atom. The van der Waals surface area contributed by atoms with Gasteiger partial charge >= 0.3 is 0 Å². The van der Waals surface area contributed by atoms with Gasteiger partial charge in [0.25, 0.3) is 0 Å². The van der Waals surface area contributed by atoms with Crippen molar-refractivity contribution >= 4 is 5.91 Å². The number of aromatic amines is 1. The van der Waals surface area contributed by atoms with Crippen molar-refractivity contribution < 1.29 is 39.1 Å². The van der Waals surface area contributed by atoms with Crippen LogP contribution in [0.15, 0.2) is 24.3 Å². The van der Waals surface area contributed by atoms with Gasteiger partial charge in [-0.1, -0.05) is 38.1 Å². The van der Waals surface area contributed by atoms with Crippen LogP contribution in [0.4, 0.5) is 4.39 Å². The predicted molar refractivity (Wildman–Crippen MR) is 137 cm³/mol. The number of aliphatic hydroxyl groups is 4. The van der Waals surface area contributed by atoms with Crippen molar-refractivity contribution in [1.29, 1.82) is 0 Å². The number of halogens is 1. The Bertz CT molecular complexity index is 1040. The van der Waals surface area contributed by atoms with Crippen molar-refractivity contribution in [3.8, 4) is 5.88 Å². The highest BCUT2D eigenvalue weighted by Gasteiger charge is 2.46. The van der Waals surface area contributed by atoms with Gasteiger partial charge in [0.1, 0.15) is 18.3 Å². The summed E-state index contributed by atoms with van der Waals surface area (Å²) in [6, 6.07) is 7.96. The summed E-state index contributed by atoms with van der Waals surface area (Å²) in [4.78, 5) is 12.1. The van der Waals surface area contributed by atoms with Crippen LogP contribution in [0.1, 0.15) is 68.8 Å². The van der Waals surface area contributed by atoms with Crippen LogP contribution in [-0.4, -0.2) is 86.1 Å². The molecule has 0 radical (unpaired) electrons. The van der Waals surface area contributed by atoms with E-state index in [4.69, 9.17) is 9.47 Å². The van der Waals surface area contributed by atoms with Gasteiger partial charge in [-0.15, -0.1) is 5.10 Å². The lowest BCUT2D eigenvalue weighted by Gasteiger charge is -2.38. The Balaban J connectivity index is 1.65. The molecule has 1 fully saturated rings. The van der Waals surface area contributed by atoms with Crippen LogP contribution in [0.3, 0.4) is 0 Å². The second kappa shape index (κ2) is 13.0. The van der Waals surface area contributed by atoms with E-state index in [9.17, 15) is 29.6 Å². The smallest absolute Gasteiger partial charge is 0.238 e. The highest BCUT2D eigenvalue weighted by atomic mass is 19.1. The largest absolute Gasteiger partial charge is 0.443 e. The zero-order valence-electron chi connectivity index (χ0n) is 22.4. The Hall–Kier alpha value is -2.57. The number of aliphatic hydroxyl groups excluding tert-OH is 4. The first kappa shape index (κ1) is 30.0. The summed E-state index contributed by atoms with van der Waals surface area (Å²) >= 11 is 0. The zero-order chi connectivity index (χ0) is 28.0. The number of carbonyl (C=O) groups is 1. The number of ether oxygens (including phenoxy) is 2. The highest BCUT2D eigenvalue weighted by Crippen LogP contribution is 2.31. The Morgan fingerprint density at radius 3 is 2.45 bits per heavy atom. The van der Waals surface area contributed by atoms with Crippen molar-refractivity contribution in [1.82, 2.24) is 15.5 Å². The summed E-state index contributed by atoms with van der Waals surface area (Å²) < 4.78 is 25.3. The first-order valence-electron chi connectivity index (χ1n) is 13.0. The molecule has 1 aliphatic heterocycles. The number of H-pyrrole nitrogens is 1. The number of amides is 1. The maximum absolute atomic E-state index is 14.1. The fourth-order valence-electron chi connectivity index (χ4n) is 4.32. The summed E-state index contributed by atoms with van der Waals surface area (Å²) in [6.07, 6.45) is -5.88. The third-order valence-corrected chi connectivity index (χ3v) is 6.61. The lowest BCUT2D eigenvalue weighted by molar-refractivity contribution is -0.265. The van der Waals surface area contributed by atoms with Gasteiger partial charge in [-0.2, -0.15) is 0 Å². The first-order valence-corrected chi connectivity index (χ1v) is 13.0. The molecule has 1 aromatic heterocycles. The molecule has 1 saturated heterocycles. The molecular weight excluding hydrogens is 497 g/mol. The number of rotatable bonds is 12. The number of nitrogens with one attached hydrogen (secondary N) is 2. The molecule has 0 unspecified atom stereocenters. The lowest BCUT2D eigenvalue weighted by atomic mass is 9.98. The van der Waals surface area contributed by atoms with E-state index in [1.165, 1.54) is 0 Å². The normalized spacial score (nSPS) is 24.0. The standard InChI is InChI=1S/C27H40FN3O7/c1-15(2)22-18(25(31-30-22)38-26-24(36)23(35)21(28)19(13-32)37-26)12-17-10-8-16(9-11-17)6-5-7-20(34)29-27(3,4)14-33/h8-11,15,19,21,23-24,26,32-33,35-36H,5-7,12-14H2,1-4H3,(H,29,34)(H,30,31)/t19-,21-,23+,24-,26+/m1/s1. The van der Waals surface area contributed by atoms with E-state index in [1.54, 1.807) is 13.8 Å². The molecule has 2 heterocycles. The molecule has 38 heavy (non-hydrogen) atoms. The summed E-state index contributed by atoms with van der Waals surface area (Å²) in [7, 11) is 0. The lowest BCUT2D eigenvalue weighted by Crippen LogP contribution is -2.58. The van der Waals surface area contributed by atoms with Crippen LogP contribution in [0, 0.1) is 0 Å². The zero-order valence-corrected chi connectivity index (χ0v) is 22.4. The minimum Gasteiger partial charge on any atom is -0.443 e. The van der Waals surface area contributed by atoms with Crippen molar-refractivity contribution in [3.63, 3.8) is 0 Å². The molecule has 1 aromatic carbocycles. The van der Waals surface area contributed by atoms with Gasteiger partial charge in [-0.25, -0.2) is 4.39 Å². The summed E-state index contributed by atoms with van der Waals surface area (Å²) in [6.45, 7) is 6.72. The number of alkyl halides is 1. The molecular formula is C27H40FN3O7. The van der Waals surface area contributed by atoms with Crippen LogP contribution >= 0.6 is 0 Å². The number of hydrogen-bond acceptors (Lipinski definition) is 8. The molecule has 0 saturated carbocycles. The summed E-state index contributed by atoms with van der Waals surface area (Å²) in [5.41, 5.74) is 2.99. The topological polar surface area (TPSA) is 157 Å². The van der Waals surface area contributed by atoms with Crippen LogP contribution in [0.25, 0.3) is 0 Å². The number of carbonyl (C=O) groups excluding carboxylic acids is 1. The molecule has 2 aromatic rings. The van der Waals surface area contributed by atoms with Crippen molar-refractivity contribution in [2.24, 2.45) is 0 Å². The van der Waals surface area contributed by atoms with Crippen LogP contribution in [0.5, 0.6) is 5.88 Å². The molecule has 0 aliphatic carbocycles. The number of aryl methyl sites for hydroxylation is 1. The van der Waals surface area contributed by atoms with Crippen LogP contribution in [-0.2, 0) is 22.4 Å². The summed E-state index contributed by atoms with van der Waals surface area (Å²) in [5, 5.41) is 49.0. The minimum atomic E-state index is -1.94. The van der Waals surface area contributed by atoms with Crippen LogP contribution < -0.4 is 10.1 Å². The van der Waals surface area contributed by atoms with E-state index in [1.807, 2.05) is 38.1 Å². The van der Waals surface area contributed by atoms with Gasteiger partial charge < -0.3 is 35.2 Å². The molecule has 0 bridgehead atoms. The first-order chi connectivity index (χ1) is 18.0. The number of nitrogens with zero attached hydrogens (tertiary/aromatic N) is 1. The Kier molecular flexibility index (Phi) is 10.2. The molecule has 10 nitrogen and oxygen atoms in total. The maximum Gasteiger partial charge on any atom is 0.238 e. The van der Waals surface area contributed by atoms with Gasteiger partial charge in [0.05, 0.1) is 18.8 Å². The van der Waals surface area contributed by atoms with E-state index in [0.29, 0.717) is 19.3 Å². The van der Waals surface area contributed by atoms with E-state index in [0.717, 1.165) is 28.8 Å². The average molecular weight is 538 g/mol. The third-order valence-electron chi connectivity index (χ3n) is 6.61. The van der Waals surface area contributed by atoms with Gasteiger partial charge in [0.2, 0.25) is 18.1 Å². The van der Waals surface area contributed by atoms with Gasteiger partial charge in [-0.05, 0) is 43.7 Å². The second-order valence-electron chi connectivity index (χ2n) is 10.8. The fourth-order valence-corrected chi connectivity index (χ4v) is 4.32. The SMILES string of the molecule is CC(C)c1[nH]nc(O[C@@H]2O[C@H](CO)[C@@H](F)[C@H](O)[C@H]2O)c1Cc1ccc(CCCC(=O)NC(C)(C)CO)cc1. The van der Waals surface area contributed by atoms with Crippen molar-refractivity contribution in [2.75, 3.05) is 13.2 Å². The highest BCUT2D eigenvalue weighted by molar-refractivity contribution is 5.76. The number of hydrogen-bond donors (Lipinski definition) is 6. The molecule has 3 rings (SSSR count). The number of benzene rings is 1. The third kappa shape index (κ3) is 7.51. The molecule has 1 aliphatic rings. The quantitative estimate of drug-likeness (QED) is 0.238. The Morgan fingerprint density at radius 1 is 1.18 bits per heavy atom. The maximum atomic E-state index is 14.1. The average Bonchev–Trinajstić information content (AvgIpc) is 3.27.